The molecule has 0 unspecified atom stereocenters. The quantitative estimate of drug-likeness (QED) is 0.576. The van der Waals surface area contributed by atoms with E-state index in [4.69, 9.17) is 39.5 Å². The SMILES string of the molecule is Clc1cc(Cl)cc(Oc2c(Cl)cccc2CBr)c1. The maximum absolute atomic E-state index is 6.13. The number of benzene rings is 2. The molecule has 5 heteroatoms. The Bertz CT molecular complexity index is 552. The summed E-state index contributed by atoms with van der Waals surface area (Å²) in [6, 6.07) is 10.6. The van der Waals surface area contributed by atoms with Crippen LogP contribution in [0.2, 0.25) is 15.1 Å². The maximum atomic E-state index is 6.13. The van der Waals surface area contributed by atoms with Crippen LogP contribution in [-0.2, 0) is 5.33 Å². The highest BCUT2D eigenvalue weighted by Gasteiger charge is 2.09. The van der Waals surface area contributed by atoms with E-state index in [0.717, 1.165) is 5.56 Å². The van der Waals surface area contributed by atoms with Crippen LogP contribution in [0.1, 0.15) is 5.56 Å². The molecule has 0 saturated heterocycles. The van der Waals surface area contributed by atoms with Crippen molar-refractivity contribution in [1.82, 2.24) is 0 Å². The number of rotatable bonds is 3. The molecule has 0 aromatic heterocycles. The topological polar surface area (TPSA) is 9.23 Å². The van der Waals surface area contributed by atoms with Crippen molar-refractivity contribution in [3.63, 3.8) is 0 Å². The molecular weight excluding hydrogens is 358 g/mol. The fourth-order valence-electron chi connectivity index (χ4n) is 1.48. The Morgan fingerprint density at radius 3 is 2.28 bits per heavy atom. The number of halogens is 4. The molecule has 0 radical (unpaired) electrons. The molecule has 18 heavy (non-hydrogen) atoms. The van der Waals surface area contributed by atoms with E-state index >= 15 is 0 Å². The second kappa shape index (κ2) is 6.16. The van der Waals surface area contributed by atoms with Crippen molar-refractivity contribution >= 4 is 50.7 Å². The Labute approximate surface area is 129 Å². The zero-order valence-corrected chi connectivity index (χ0v) is 12.9. The standard InChI is InChI=1S/C13H8BrCl3O/c14-7-8-2-1-3-12(17)13(8)18-11-5-9(15)4-10(16)6-11/h1-6H,7H2. The summed E-state index contributed by atoms with van der Waals surface area (Å²) in [4.78, 5) is 0. The second-order valence-corrected chi connectivity index (χ2v) is 5.41. The molecule has 0 spiro atoms. The third-order valence-corrected chi connectivity index (χ3v) is 3.59. The predicted octanol–water partition coefficient (Wildman–Crippen LogP) is 6.33. The first-order chi connectivity index (χ1) is 8.60. The summed E-state index contributed by atoms with van der Waals surface area (Å²) in [5.74, 6) is 1.16. The van der Waals surface area contributed by atoms with Crippen LogP contribution in [0.25, 0.3) is 0 Å². The molecule has 0 atom stereocenters. The van der Waals surface area contributed by atoms with Crippen LogP contribution in [0.3, 0.4) is 0 Å². The van der Waals surface area contributed by atoms with E-state index < -0.39 is 0 Å². The van der Waals surface area contributed by atoms with Gasteiger partial charge >= 0.3 is 0 Å². The first-order valence-corrected chi connectivity index (χ1v) is 7.33. The Hall–Kier alpha value is -0.410. The molecule has 0 aliphatic carbocycles. The van der Waals surface area contributed by atoms with Gasteiger partial charge in [0.25, 0.3) is 0 Å². The predicted molar refractivity (Wildman–Crippen MR) is 80.6 cm³/mol. The molecule has 0 amide bonds. The normalized spacial score (nSPS) is 10.4. The molecule has 2 rings (SSSR count). The van der Waals surface area contributed by atoms with E-state index in [-0.39, 0.29) is 0 Å². The van der Waals surface area contributed by atoms with E-state index in [1.807, 2.05) is 12.1 Å². The number of hydrogen-bond acceptors (Lipinski definition) is 1. The number of alkyl halides is 1. The van der Waals surface area contributed by atoms with E-state index in [0.29, 0.717) is 31.9 Å². The van der Waals surface area contributed by atoms with Crippen molar-refractivity contribution < 1.29 is 4.74 Å². The molecular formula is C13H8BrCl3O. The van der Waals surface area contributed by atoms with Gasteiger partial charge in [-0.1, -0.05) is 62.9 Å². The lowest BCUT2D eigenvalue weighted by atomic mass is 10.2. The van der Waals surface area contributed by atoms with Crippen molar-refractivity contribution in [2.75, 3.05) is 0 Å². The smallest absolute Gasteiger partial charge is 0.150 e. The highest BCUT2D eigenvalue weighted by molar-refractivity contribution is 9.08. The van der Waals surface area contributed by atoms with Gasteiger partial charge in [0.05, 0.1) is 5.02 Å². The number of hydrogen-bond donors (Lipinski definition) is 0. The van der Waals surface area contributed by atoms with Gasteiger partial charge in [-0.3, -0.25) is 0 Å². The zero-order valence-electron chi connectivity index (χ0n) is 9.09. The van der Waals surface area contributed by atoms with Gasteiger partial charge < -0.3 is 4.74 Å². The minimum atomic E-state index is 0.518. The summed E-state index contributed by atoms with van der Waals surface area (Å²) in [6.07, 6.45) is 0. The first-order valence-electron chi connectivity index (χ1n) is 5.07. The van der Waals surface area contributed by atoms with Gasteiger partial charge in [-0.2, -0.15) is 0 Å². The summed E-state index contributed by atoms with van der Waals surface area (Å²) >= 11 is 21.4. The minimum absolute atomic E-state index is 0.518. The van der Waals surface area contributed by atoms with Crippen LogP contribution in [0.4, 0.5) is 0 Å². The molecule has 2 aromatic rings. The molecule has 2 aromatic carbocycles. The third kappa shape index (κ3) is 3.33. The lowest BCUT2D eigenvalue weighted by Gasteiger charge is -2.11. The lowest BCUT2D eigenvalue weighted by Crippen LogP contribution is -1.90. The van der Waals surface area contributed by atoms with Crippen molar-refractivity contribution in [3.8, 4) is 11.5 Å². The lowest BCUT2D eigenvalue weighted by molar-refractivity contribution is 0.479. The van der Waals surface area contributed by atoms with Gasteiger partial charge in [0.2, 0.25) is 0 Å². The molecule has 94 valence electrons. The average Bonchev–Trinajstić information content (AvgIpc) is 2.30. The van der Waals surface area contributed by atoms with Gasteiger partial charge in [-0.25, -0.2) is 0 Å². The first kappa shape index (κ1) is 14.0. The molecule has 1 nitrogen and oxygen atoms in total. The van der Waals surface area contributed by atoms with Gasteiger partial charge in [-0.15, -0.1) is 0 Å². The summed E-state index contributed by atoms with van der Waals surface area (Å²) in [5, 5.41) is 2.23. The third-order valence-electron chi connectivity index (χ3n) is 2.25. The van der Waals surface area contributed by atoms with Crippen LogP contribution >= 0.6 is 50.7 Å². The number of para-hydroxylation sites is 1. The van der Waals surface area contributed by atoms with Gasteiger partial charge in [-0.05, 0) is 24.3 Å². The Morgan fingerprint density at radius 1 is 1.00 bits per heavy atom. The highest BCUT2D eigenvalue weighted by Crippen LogP contribution is 2.35. The summed E-state index contributed by atoms with van der Waals surface area (Å²) in [5.41, 5.74) is 0.957. The highest BCUT2D eigenvalue weighted by atomic mass is 79.9. The molecule has 0 aliphatic rings. The number of ether oxygens (including phenoxy) is 1. The van der Waals surface area contributed by atoms with Crippen molar-refractivity contribution in [2.24, 2.45) is 0 Å². The second-order valence-electron chi connectivity index (χ2n) is 3.57. The maximum Gasteiger partial charge on any atom is 0.150 e. The molecule has 0 aliphatic heterocycles. The van der Waals surface area contributed by atoms with Crippen LogP contribution < -0.4 is 4.74 Å². The summed E-state index contributed by atoms with van der Waals surface area (Å²) in [7, 11) is 0. The monoisotopic (exact) mass is 364 g/mol. The van der Waals surface area contributed by atoms with Gasteiger partial charge in [0.15, 0.2) is 0 Å². The molecule has 0 heterocycles. The largest absolute Gasteiger partial charge is 0.455 e. The van der Waals surface area contributed by atoms with E-state index in [2.05, 4.69) is 15.9 Å². The molecule has 0 N–H and O–H groups in total. The van der Waals surface area contributed by atoms with Crippen LogP contribution in [0.5, 0.6) is 11.5 Å². The minimum Gasteiger partial charge on any atom is -0.455 e. The zero-order chi connectivity index (χ0) is 13.1. The summed E-state index contributed by atoms with van der Waals surface area (Å²) < 4.78 is 5.76. The van der Waals surface area contributed by atoms with Crippen LogP contribution in [-0.4, -0.2) is 0 Å². The molecule has 0 saturated carbocycles. The van der Waals surface area contributed by atoms with Gasteiger partial charge in [0, 0.05) is 20.9 Å². The average molecular weight is 366 g/mol. The van der Waals surface area contributed by atoms with Crippen molar-refractivity contribution in [1.29, 1.82) is 0 Å². The van der Waals surface area contributed by atoms with Crippen LogP contribution in [0.15, 0.2) is 36.4 Å². The fraction of sp³-hybridized carbons (Fsp3) is 0.0769. The Kier molecular flexibility index (Phi) is 4.79. The van der Waals surface area contributed by atoms with Crippen LogP contribution in [0, 0.1) is 0 Å². The van der Waals surface area contributed by atoms with E-state index in [1.165, 1.54) is 0 Å². The Balaban J connectivity index is 2.39. The molecule has 0 fully saturated rings. The summed E-state index contributed by atoms with van der Waals surface area (Å²) in [6.45, 7) is 0. The molecule has 0 bridgehead atoms. The van der Waals surface area contributed by atoms with Crippen molar-refractivity contribution in [2.45, 2.75) is 5.33 Å². The Morgan fingerprint density at radius 2 is 1.67 bits per heavy atom. The van der Waals surface area contributed by atoms with Gasteiger partial charge in [0.1, 0.15) is 11.5 Å². The fourth-order valence-corrected chi connectivity index (χ4v) is 2.66. The van der Waals surface area contributed by atoms with E-state index in [9.17, 15) is 0 Å². The van der Waals surface area contributed by atoms with Crippen molar-refractivity contribution in [3.05, 3.63) is 57.0 Å². The van der Waals surface area contributed by atoms with E-state index in [1.54, 1.807) is 24.3 Å².